The molecule has 10 heavy (non-hydrogen) atoms. The summed E-state index contributed by atoms with van der Waals surface area (Å²) in [5.41, 5.74) is 0. The summed E-state index contributed by atoms with van der Waals surface area (Å²) >= 11 is 4.93. The second-order valence-electron chi connectivity index (χ2n) is 2.58. The van der Waals surface area contributed by atoms with Crippen molar-refractivity contribution < 1.29 is 5.21 Å². The number of hydrogen-bond acceptors (Lipinski definition) is 2. The molecule has 0 amide bonds. The van der Waals surface area contributed by atoms with Crippen molar-refractivity contribution in [3.63, 3.8) is 0 Å². The van der Waals surface area contributed by atoms with Crippen LogP contribution < -0.4 is 0 Å². The molecule has 0 aliphatic heterocycles. The van der Waals surface area contributed by atoms with E-state index in [1.807, 2.05) is 20.8 Å². The van der Waals surface area contributed by atoms with Crippen molar-refractivity contribution >= 4 is 17.2 Å². The van der Waals surface area contributed by atoms with Crippen LogP contribution in [0.2, 0.25) is 0 Å². The standard InChI is InChI=1S/C7H15NOS/c1-4-5-7(10)8(9)6(2)3/h6,9H,4-5H2,1-3H3. The predicted octanol–water partition coefficient (Wildman–Crippen LogP) is 2.21. The molecule has 2 nitrogen and oxygen atoms in total. The van der Waals surface area contributed by atoms with Crippen LogP contribution in [0.4, 0.5) is 0 Å². The van der Waals surface area contributed by atoms with E-state index in [1.54, 1.807) is 0 Å². The van der Waals surface area contributed by atoms with Gasteiger partial charge in [0.05, 0.1) is 6.04 Å². The fraction of sp³-hybridized carbons (Fsp3) is 0.857. The van der Waals surface area contributed by atoms with Crippen molar-refractivity contribution in [2.24, 2.45) is 0 Å². The number of thiocarbonyl (C=S) groups is 1. The second-order valence-corrected chi connectivity index (χ2v) is 3.05. The molecule has 0 radical (unpaired) electrons. The Morgan fingerprint density at radius 3 is 2.40 bits per heavy atom. The van der Waals surface area contributed by atoms with Crippen molar-refractivity contribution in [1.29, 1.82) is 0 Å². The Bertz CT molecular complexity index is 114. The molecule has 0 saturated carbocycles. The van der Waals surface area contributed by atoms with E-state index < -0.39 is 0 Å². The molecule has 0 rings (SSSR count). The average Bonchev–Trinajstić information content (AvgIpc) is 1.87. The lowest BCUT2D eigenvalue weighted by molar-refractivity contribution is -0.0411. The molecule has 0 fully saturated rings. The first-order chi connectivity index (χ1) is 4.59. The number of hydrogen-bond donors (Lipinski definition) is 1. The number of hydroxylamine groups is 2. The van der Waals surface area contributed by atoms with Gasteiger partial charge in [-0.05, 0) is 26.7 Å². The van der Waals surface area contributed by atoms with Gasteiger partial charge in [-0.15, -0.1) is 0 Å². The highest BCUT2D eigenvalue weighted by molar-refractivity contribution is 7.80. The molecule has 0 atom stereocenters. The maximum atomic E-state index is 9.22. The maximum Gasteiger partial charge on any atom is 0.104 e. The van der Waals surface area contributed by atoms with Gasteiger partial charge in [-0.3, -0.25) is 5.21 Å². The molecule has 3 heteroatoms. The minimum absolute atomic E-state index is 0.0963. The Balaban J connectivity index is 3.71. The summed E-state index contributed by atoms with van der Waals surface area (Å²) in [6, 6.07) is 0.0963. The molecule has 0 spiro atoms. The molecule has 0 aromatic heterocycles. The summed E-state index contributed by atoms with van der Waals surface area (Å²) in [4.78, 5) is 0.637. The van der Waals surface area contributed by atoms with Crippen LogP contribution in [0.25, 0.3) is 0 Å². The summed E-state index contributed by atoms with van der Waals surface area (Å²) in [5.74, 6) is 0. The highest BCUT2D eigenvalue weighted by atomic mass is 32.1. The first-order valence-electron chi connectivity index (χ1n) is 3.60. The maximum absolute atomic E-state index is 9.22. The zero-order valence-corrected chi connectivity index (χ0v) is 7.61. The summed E-state index contributed by atoms with van der Waals surface area (Å²) in [6.07, 6.45) is 1.78. The molecule has 0 unspecified atom stereocenters. The SMILES string of the molecule is CCCC(=S)N(O)C(C)C. The molecule has 0 saturated heterocycles. The minimum Gasteiger partial charge on any atom is -0.288 e. The van der Waals surface area contributed by atoms with Crippen LogP contribution in [-0.2, 0) is 0 Å². The van der Waals surface area contributed by atoms with Gasteiger partial charge in [-0.25, -0.2) is 5.06 Å². The number of rotatable bonds is 3. The van der Waals surface area contributed by atoms with E-state index in [-0.39, 0.29) is 6.04 Å². The highest BCUT2D eigenvalue weighted by Crippen LogP contribution is 2.01. The van der Waals surface area contributed by atoms with Gasteiger partial charge < -0.3 is 0 Å². The fourth-order valence-electron chi connectivity index (χ4n) is 0.616. The summed E-state index contributed by atoms with van der Waals surface area (Å²) in [7, 11) is 0. The topological polar surface area (TPSA) is 23.5 Å². The Kier molecular flexibility index (Phi) is 4.56. The summed E-state index contributed by atoms with van der Waals surface area (Å²) in [6.45, 7) is 5.85. The van der Waals surface area contributed by atoms with Gasteiger partial charge in [0.15, 0.2) is 0 Å². The zero-order chi connectivity index (χ0) is 8.15. The monoisotopic (exact) mass is 161 g/mol. The van der Waals surface area contributed by atoms with Crippen LogP contribution in [0.5, 0.6) is 0 Å². The van der Waals surface area contributed by atoms with Gasteiger partial charge in [-0.1, -0.05) is 19.1 Å². The van der Waals surface area contributed by atoms with Gasteiger partial charge in [-0.2, -0.15) is 0 Å². The van der Waals surface area contributed by atoms with Gasteiger partial charge in [0, 0.05) is 0 Å². The molecular weight excluding hydrogens is 146 g/mol. The average molecular weight is 161 g/mol. The lowest BCUT2D eigenvalue weighted by atomic mass is 10.3. The van der Waals surface area contributed by atoms with Gasteiger partial charge in [0.2, 0.25) is 0 Å². The minimum atomic E-state index is 0.0963. The summed E-state index contributed by atoms with van der Waals surface area (Å²) < 4.78 is 0. The van der Waals surface area contributed by atoms with Crippen LogP contribution in [0.1, 0.15) is 33.6 Å². The molecule has 0 bridgehead atoms. The number of nitrogens with zero attached hydrogens (tertiary/aromatic N) is 1. The van der Waals surface area contributed by atoms with Crippen LogP contribution in [0, 0.1) is 0 Å². The first-order valence-corrected chi connectivity index (χ1v) is 4.01. The largest absolute Gasteiger partial charge is 0.288 e. The third kappa shape index (κ3) is 3.13. The summed E-state index contributed by atoms with van der Waals surface area (Å²) in [5, 5.41) is 10.4. The van der Waals surface area contributed by atoms with E-state index in [0.29, 0.717) is 4.99 Å². The highest BCUT2D eigenvalue weighted by Gasteiger charge is 2.07. The predicted molar refractivity (Wildman–Crippen MR) is 46.3 cm³/mol. The second kappa shape index (κ2) is 4.63. The zero-order valence-electron chi connectivity index (χ0n) is 6.79. The van der Waals surface area contributed by atoms with E-state index >= 15 is 0 Å². The molecule has 0 aromatic carbocycles. The van der Waals surface area contributed by atoms with E-state index in [0.717, 1.165) is 17.9 Å². The van der Waals surface area contributed by atoms with Crippen molar-refractivity contribution in [2.75, 3.05) is 0 Å². The van der Waals surface area contributed by atoms with Crippen molar-refractivity contribution in [1.82, 2.24) is 5.06 Å². The molecule has 1 N–H and O–H groups in total. The van der Waals surface area contributed by atoms with Crippen LogP contribution in [0.3, 0.4) is 0 Å². The van der Waals surface area contributed by atoms with Crippen LogP contribution >= 0.6 is 12.2 Å². The van der Waals surface area contributed by atoms with Crippen LogP contribution in [-0.4, -0.2) is 21.3 Å². The van der Waals surface area contributed by atoms with E-state index in [4.69, 9.17) is 12.2 Å². The Hall–Kier alpha value is -0.150. The molecule has 0 aliphatic carbocycles. The smallest absolute Gasteiger partial charge is 0.104 e. The van der Waals surface area contributed by atoms with E-state index in [1.165, 1.54) is 0 Å². The Labute approximate surface area is 67.8 Å². The van der Waals surface area contributed by atoms with Crippen LogP contribution in [0.15, 0.2) is 0 Å². The normalized spacial score (nSPS) is 10.1. The van der Waals surface area contributed by atoms with Crippen molar-refractivity contribution in [2.45, 2.75) is 39.7 Å². The van der Waals surface area contributed by atoms with E-state index in [2.05, 4.69) is 0 Å². The fourth-order valence-corrected chi connectivity index (χ4v) is 1.03. The van der Waals surface area contributed by atoms with Gasteiger partial charge >= 0.3 is 0 Å². The Morgan fingerprint density at radius 2 is 2.10 bits per heavy atom. The Morgan fingerprint density at radius 1 is 1.60 bits per heavy atom. The molecule has 0 aliphatic rings. The lowest BCUT2D eigenvalue weighted by Gasteiger charge is -2.20. The lowest BCUT2D eigenvalue weighted by Crippen LogP contribution is -2.32. The van der Waals surface area contributed by atoms with Gasteiger partial charge in [0.25, 0.3) is 0 Å². The van der Waals surface area contributed by atoms with Crippen molar-refractivity contribution in [3.05, 3.63) is 0 Å². The molecular formula is C7H15NOS. The molecule has 0 heterocycles. The first kappa shape index (κ1) is 9.85. The third-order valence-electron chi connectivity index (χ3n) is 1.21. The quantitative estimate of drug-likeness (QED) is 0.507. The van der Waals surface area contributed by atoms with Crippen molar-refractivity contribution in [3.8, 4) is 0 Å². The van der Waals surface area contributed by atoms with E-state index in [9.17, 15) is 5.21 Å². The molecule has 60 valence electrons. The molecule has 0 aromatic rings. The van der Waals surface area contributed by atoms with Gasteiger partial charge in [0.1, 0.15) is 4.99 Å². The third-order valence-corrected chi connectivity index (χ3v) is 1.60.